The molecule has 1 aromatic heterocycles. The first-order valence-electron chi connectivity index (χ1n) is 9.41. The summed E-state index contributed by atoms with van der Waals surface area (Å²) in [6.45, 7) is 3.86. The Morgan fingerprint density at radius 3 is 2.46 bits per heavy atom. The zero-order chi connectivity index (χ0) is 18.9. The molecule has 0 saturated carbocycles. The van der Waals surface area contributed by atoms with Crippen molar-refractivity contribution in [2.24, 2.45) is 0 Å². The number of carbonyl (C=O) groups excluding carboxylic acids is 1. The Bertz CT molecular complexity index is 1040. The summed E-state index contributed by atoms with van der Waals surface area (Å²) < 4.78 is 0. The molecule has 5 nitrogen and oxygen atoms in total. The number of rotatable bonds is 3. The van der Waals surface area contributed by atoms with Crippen molar-refractivity contribution in [3.63, 3.8) is 0 Å². The predicted octanol–water partition coefficient (Wildman–Crippen LogP) is 3.96. The molecule has 3 aromatic rings. The summed E-state index contributed by atoms with van der Waals surface area (Å²) in [5, 5.41) is 3.94. The number of nitrogens with zero attached hydrogens (tertiary/aromatic N) is 3. The Morgan fingerprint density at radius 1 is 0.929 bits per heavy atom. The van der Waals surface area contributed by atoms with E-state index >= 15 is 0 Å². The zero-order valence-electron chi connectivity index (χ0n) is 15.3. The molecule has 1 amide bonds. The highest BCUT2D eigenvalue weighted by Crippen LogP contribution is 2.34. The maximum absolute atomic E-state index is 12.3. The second-order valence-electron chi connectivity index (χ2n) is 6.91. The SMILES string of the molecule is O=C1Nc2ccccc2C1=Cc1cnc(N2CCN(c3ccccc3)CC2)s1. The first-order valence-corrected chi connectivity index (χ1v) is 10.2. The van der Waals surface area contributed by atoms with E-state index in [0.29, 0.717) is 5.57 Å². The van der Waals surface area contributed by atoms with Crippen LogP contribution in [0.25, 0.3) is 11.6 Å². The molecule has 1 saturated heterocycles. The normalized spacial score (nSPS) is 17.7. The number of nitrogens with one attached hydrogen (secondary N) is 1. The number of piperazine rings is 1. The van der Waals surface area contributed by atoms with Crippen molar-refractivity contribution < 1.29 is 4.79 Å². The van der Waals surface area contributed by atoms with Crippen molar-refractivity contribution in [2.75, 3.05) is 41.3 Å². The topological polar surface area (TPSA) is 48.5 Å². The van der Waals surface area contributed by atoms with Crippen LogP contribution in [-0.4, -0.2) is 37.1 Å². The van der Waals surface area contributed by atoms with Crippen LogP contribution in [0.3, 0.4) is 0 Å². The van der Waals surface area contributed by atoms with Crippen molar-refractivity contribution in [3.8, 4) is 0 Å². The summed E-state index contributed by atoms with van der Waals surface area (Å²) in [5.41, 5.74) is 3.82. The third kappa shape index (κ3) is 3.16. The lowest BCUT2D eigenvalue weighted by atomic mass is 10.1. The number of anilines is 3. The molecule has 3 heterocycles. The molecule has 5 rings (SSSR count). The van der Waals surface area contributed by atoms with E-state index in [2.05, 4.69) is 44.4 Å². The van der Waals surface area contributed by atoms with Crippen molar-refractivity contribution in [3.05, 3.63) is 71.2 Å². The minimum absolute atomic E-state index is 0.0485. The molecule has 1 N–H and O–H groups in total. The number of amides is 1. The fourth-order valence-electron chi connectivity index (χ4n) is 3.71. The third-order valence-electron chi connectivity index (χ3n) is 5.18. The molecule has 28 heavy (non-hydrogen) atoms. The van der Waals surface area contributed by atoms with Gasteiger partial charge in [0.05, 0.1) is 5.57 Å². The average Bonchev–Trinajstić information content (AvgIpc) is 3.34. The quantitative estimate of drug-likeness (QED) is 0.690. The van der Waals surface area contributed by atoms with E-state index < -0.39 is 0 Å². The smallest absolute Gasteiger partial charge is 0.256 e. The number of thiazole rings is 1. The van der Waals surface area contributed by atoms with E-state index in [-0.39, 0.29) is 5.91 Å². The molecule has 2 aromatic carbocycles. The molecule has 2 aliphatic rings. The van der Waals surface area contributed by atoms with Crippen LogP contribution < -0.4 is 15.1 Å². The lowest BCUT2D eigenvalue weighted by Gasteiger charge is -2.35. The Balaban J connectivity index is 1.31. The number of aromatic nitrogens is 1. The Labute approximate surface area is 167 Å². The monoisotopic (exact) mass is 388 g/mol. The van der Waals surface area contributed by atoms with E-state index in [1.54, 1.807) is 11.3 Å². The highest BCUT2D eigenvalue weighted by atomic mass is 32.1. The van der Waals surface area contributed by atoms with Gasteiger partial charge < -0.3 is 15.1 Å². The standard InChI is InChI=1S/C22H20N4OS/c27-21-19(18-8-4-5-9-20(18)24-21)14-17-15-23-22(28-17)26-12-10-25(11-13-26)16-6-2-1-3-7-16/h1-9,14-15H,10-13H2,(H,24,27). The first kappa shape index (κ1) is 17.0. The zero-order valence-corrected chi connectivity index (χ0v) is 16.2. The molecule has 0 unspecified atom stereocenters. The summed E-state index contributed by atoms with van der Waals surface area (Å²) in [4.78, 5) is 22.7. The van der Waals surface area contributed by atoms with Crippen LogP contribution in [0.1, 0.15) is 10.4 Å². The van der Waals surface area contributed by atoms with Crippen LogP contribution >= 0.6 is 11.3 Å². The van der Waals surface area contributed by atoms with Gasteiger partial charge in [0.2, 0.25) is 0 Å². The van der Waals surface area contributed by atoms with Gasteiger partial charge in [-0.3, -0.25) is 4.79 Å². The minimum atomic E-state index is -0.0485. The molecule has 2 aliphatic heterocycles. The second-order valence-corrected chi connectivity index (χ2v) is 7.95. The van der Waals surface area contributed by atoms with Gasteiger partial charge in [-0.15, -0.1) is 0 Å². The summed E-state index contributed by atoms with van der Waals surface area (Å²) >= 11 is 1.64. The van der Waals surface area contributed by atoms with Gasteiger partial charge in [-0.1, -0.05) is 47.7 Å². The Hall–Kier alpha value is -3.12. The molecule has 0 radical (unpaired) electrons. The van der Waals surface area contributed by atoms with Gasteiger partial charge in [0, 0.05) is 54.2 Å². The molecular weight excluding hydrogens is 368 g/mol. The van der Waals surface area contributed by atoms with Gasteiger partial charge in [-0.2, -0.15) is 0 Å². The van der Waals surface area contributed by atoms with Crippen LogP contribution in [0.4, 0.5) is 16.5 Å². The number of para-hydroxylation sites is 2. The molecule has 1 fully saturated rings. The summed E-state index contributed by atoms with van der Waals surface area (Å²) in [7, 11) is 0. The van der Waals surface area contributed by atoms with E-state index in [0.717, 1.165) is 47.4 Å². The van der Waals surface area contributed by atoms with Crippen molar-refractivity contribution >= 4 is 45.4 Å². The van der Waals surface area contributed by atoms with Crippen molar-refractivity contribution in [1.82, 2.24) is 4.98 Å². The number of hydrogen-bond acceptors (Lipinski definition) is 5. The predicted molar refractivity (Wildman–Crippen MR) is 116 cm³/mol. The molecule has 0 aliphatic carbocycles. The van der Waals surface area contributed by atoms with Gasteiger partial charge in [0.1, 0.15) is 0 Å². The third-order valence-corrected chi connectivity index (χ3v) is 6.18. The molecular formula is C22H20N4OS. The number of fused-ring (bicyclic) bond motifs is 1. The molecule has 140 valence electrons. The maximum Gasteiger partial charge on any atom is 0.256 e. The lowest BCUT2D eigenvalue weighted by Crippen LogP contribution is -2.46. The first-order chi connectivity index (χ1) is 13.8. The van der Waals surface area contributed by atoms with Crippen LogP contribution in [0.5, 0.6) is 0 Å². The second kappa shape index (κ2) is 7.13. The lowest BCUT2D eigenvalue weighted by molar-refractivity contribution is -0.110. The molecule has 0 spiro atoms. The number of benzene rings is 2. The number of carbonyl (C=O) groups is 1. The summed E-state index contributed by atoms with van der Waals surface area (Å²) in [5.74, 6) is -0.0485. The van der Waals surface area contributed by atoms with Crippen LogP contribution in [0.2, 0.25) is 0 Å². The highest BCUT2D eigenvalue weighted by molar-refractivity contribution is 7.16. The van der Waals surface area contributed by atoms with Crippen molar-refractivity contribution in [1.29, 1.82) is 0 Å². The molecule has 0 bridgehead atoms. The van der Waals surface area contributed by atoms with Gasteiger partial charge >= 0.3 is 0 Å². The van der Waals surface area contributed by atoms with E-state index in [9.17, 15) is 4.79 Å². The Kier molecular flexibility index (Phi) is 4.33. The van der Waals surface area contributed by atoms with Crippen LogP contribution in [0.15, 0.2) is 60.8 Å². The maximum atomic E-state index is 12.3. The molecule has 6 heteroatoms. The number of hydrogen-bond donors (Lipinski definition) is 1. The van der Waals surface area contributed by atoms with Gasteiger partial charge in [-0.25, -0.2) is 4.98 Å². The van der Waals surface area contributed by atoms with Crippen LogP contribution in [-0.2, 0) is 4.79 Å². The fraction of sp³-hybridized carbons (Fsp3) is 0.182. The molecule has 0 atom stereocenters. The van der Waals surface area contributed by atoms with E-state index in [1.807, 2.05) is 42.6 Å². The highest BCUT2D eigenvalue weighted by Gasteiger charge is 2.24. The van der Waals surface area contributed by atoms with Gasteiger partial charge in [0.25, 0.3) is 5.91 Å². The fourth-order valence-corrected chi connectivity index (χ4v) is 4.62. The van der Waals surface area contributed by atoms with E-state index in [4.69, 9.17) is 0 Å². The Morgan fingerprint density at radius 2 is 1.64 bits per heavy atom. The largest absolute Gasteiger partial charge is 0.368 e. The van der Waals surface area contributed by atoms with Crippen LogP contribution in [0, 0.1) is 0 Å². The van der Waals surface area contributed by atoms with Gasteiger partial charge in [0.15, 0.2) is 5.13 Å². The average molecular weight is 388 g/mol. The summed E-state index contributed by atoms with van der Waals surface area (Å²) in [6.07, 6.45) is 3.81. The van der Waals surface area contributed by atoms with Crippen molar-refractivity contribution in [2.45, 2.75) is 0 Å². The van der Waals surface area contributed by atoms with E-state index in [1.165, 1.54) is 5.69 Å². The minimum Gasteiger partial charge on any atom is -0.368 e. The summed E-state index contributed by atoms with van der Waals surface area (Å²) in [6, 6.07) is 18.3. The van der Waals surface area contributed by atoms with Gasteiger partial charge in [-0.05, 0) is 24.3 Å².